The van der Waals surface area contributed by atoms with Gasteiger partial charge in [-0.25, -0.2) is 14.1 Å². The number of nitrogens with one attached hydrogen (secondary N) is 1. The Morgan fingerprint density at radius 1 is 1.03 bits per heavy atom. The normalized spacial score (nSPS) is 14.5. The molecule has 3 aromatic rings. The first-order valence-electron chi connectivity index (χ1n) is 11.2. The van der Waals surface area contributed by atoms with Crippen LogP contribution in [0.3, 0.4) is 0 Å². The van der Waals surface area contributed by atoms with E-state index in [2.05, 4.69) is 21.2 Å². The van der Waals surface area contributed by atoms with Crippen LogP contribution in [0.4, 0.5) is 14.9 Å². The van der Waals surface area contributed by atoms with Crippen LogP contribution in [0.25, 0.3) is 6.08 Å². The molecule has 0 spiro atoms. The summed E-state index contributed by atoms with van der Waals surface area (Å²) >= 11 is 3.41. The number of barbiturate groups is 1. The van der Waals surface area contributed by atoms with Crippen molar-refractivity contribution in [3.05, 3.63) is 87.7 Å². The molecule has 1 N–H and O–H groups in total. The Labute approximate surface area is 220 Å². The first-order valence-corrected chi connectivity index (χ1v) is 12.0. The van der Waals surface area contributed by atoms with Gasteiger partial charge >= 0.3 is 6.03 Å². The fourth-order valence-corrected chi connectivity index (χ4v) is 4.22. The van der Waals surface area contributed by atoms with Gasteiger partial charge in [0.05, 0.1) is 23.9 Å². The summed E-state index contributed by atoms with van der Waals surface area (Å²) in [6.45, 7) is 2.27. The number of urea groups is 1. The van der Waals surface area contributed by atoms with Gasteiger partial charge in [0.2, 0.25) is 0 Å². The molecular formula is C27H22BrFN2O6. The molecule has 8 nitrogen and oxygen atoms in total. The van der Waals surface area contributed by atoms with Crippen LogP contribution in [0.1, 0.15) is 18.1 Å². The molecule has 1 aliphatic heterocycles. The molecule has 0 radical (unpaired) electrons. The van der Waals surface area contributed by atoms with Gasteiger partial charge in [-0.3, -0.25) is 14.9 Å². The van der Waals surface area contributed by atoms with E-state index in [0.29, 0.717) is 39.5 Å². The van der Waals surface area contributed by atoms with Gasteiger partial charge in [0.1, 0.15) is 23.7 Å². The maximum Gasteiger partial charge on any atom is 0.335 e. The molecule has 1 saturated heterocycles. The molecule has 0 atom stereocenters. The highest BCUT2D eigenvalue weighted by atomic mass is 79.9. The predicted molar refractivity (Wildman–Crippen MR) is 138 cm³/mol. The highest BCUT2D eigenvalue weighted by molar-refractivity contribution is 9.10. The summed E-state index contributed by atoms with van der Waals surface area (Å²) in [4.78, 5) is 39.1. The van der Waals surface area contributed by atoms with Crippen molar-refractivity contribution < 1.29 is 33.0 Å². The van der Waals surface area contributed by atoms with Crippen molar-refractivity contribution in [2.45, 2.75) is 13.5 Å². The number of halogens is 2. The molecule has 0 bridgehead atoms. The Bertz CT molecular complexity index is 1390. The van der Waals surface area contributed by atoms with Gasteiger partial charge in [0, 0.05) is 5.56 Å². The number of hydrogen-bond acceptors (Lipinski definition) is 6. The minimum Gasteiger partial charge on any atom is -0.494 e. The second kappa shape index (κ2) is 11.3. The van der Waals surface area contributed by atoms with Crippen LogP contribution < -0.4 is 24.4 Å². The minimum absolute atomic E-state index is 0.0396. The summed E-state index contributed by atoms with van der Waals surface area (Å²) in [5.41, 5.74) is 0.829. The molecule has 0 aliphatic carbocycles. The quantitative estimate of drug-likeness (QED) is 0.295. The smallest absolute Gasteiger partial charge is 0.335 e. The lowest BCUT2D eigenvalue weighted by Crippen LogP contribution is -2.54. The molecule has 4 amide bonds. The predicted octanol–water partition coefficient (Wildman–Crippen LogP) is 5.24. The summed E-state index contributed by atoms with van der Waals surface area (Å²) < 4.78 is 31.0. The molecule has 1 heterocycles. The second-order valence-electron chi connectivity index (χ2n) is 7.80. The summed E-state index contributed by atoms with van der Waals surface area (Å²) in [6.07, 6.45) is 1.35. The first kappa shape index (κ1) is 25.9. The lowest BCUT2D eigenvalue weighted by molar-refractivity contribution is -0.122. The van der Waals surface area contributed by atoms with E-state index in [-0.39, 0.29) is 17.9 Å². The standard InChI is InChI=1S/C27H22BrFN2O6/c1-3-36-19-10-8-18(9-11-19)31-26(33)20(25(32)30-27(31)34)12-16-13-21(28)24(23(14-16)35-2)37-15-17-6-4-5-7-22(17)29/h4-14H,3,15H2,1-2H3,(H,30,32,34)/b20-12+. The van der Waals surface area contributed by atoms with E-state index >= 15 is 0 Å². The number of hydrogen-bond donors (Lipinski definition) is 1. The van der Waals surface area contributed by atoms with Gasteiger partial charge < -0.3 is 14.2 Å². The van der Waals surface area contributed by atoms with Crippen LogP contribution in [-0.4, -0.2) is 31.6 Å². The molecule has 0 aromatic heterocycles. The molecule has 37 heavy (non-hydrogen) atoms. The van der Waals surface area contributed by atoms with Crippen molar-refractivity contribution in [2.24, 2.45) is 0 Å². The maximum atomic E-state index is 14.0. The number of rotatable bonds is 8. The number of carbonyl (C=O) groups excluding carboxylic acids is 3. The Kier molecular flexibility index (Phi) is 7.88. The Morgan fingerprint density at radius 2 is 1.76 bits per heavy atom. The van der Waals surface area contributed by atoms with Crippen molar-refractivity contribution >= 4 is 45.5 Å². The number of imide groups is 2. The SMILES string of the molecule is CCOc1ccc(N2C(=O)NC(=O)/C(=C\c3cc(Br)c(OCc4ccccc4F)c(OC)c3)C2=O)cc1. The largest absolute Gasteiger partial charge is 0.494 e. The van der Waals surface area contributed by atoms with Gasteiger partial charge in [-0.15, -0.1) is 0 Å². The monoisotopic (exact) mass is 568 g/mol. The van der Waals surface area contributed by atoms with Crippen molar-refractivity contribution in [1.82, 2.24) is 5.32 Å². The first-order chi connectivity index (χ1) is 17.8. The van der Waals surface area contributed by atoms with Crippen molar-refractivity contribution in [1.29, 1.82) is 0 Å². The van der Waals surface area contributed by atoms with Gasteiger partial charge in [0.25, 0.3) is 11.8 Å². The van der Waals surface area contributed by atoms with Gasteiger partial charge in [-0.2, -0.15) is 0 Å². The molecule has 0 saturated carbocycles. The van der Waals surface area contributed by atoms with E-state index < -0.39 is 23.7 Å². The van der Waals surface area contributed by atoms with E-state index in [4.69, 9.17) is 14.2 Å². The Morgan fingerprint density at radius 3 is 2.43 bits per heavy atom. The fraction of sp³-hybridized carbons (Fsp3) is 0.148. The number of benzene rings is 3. The summed E-state index contributed by atoms with van der Waals surface area (Å²) in [6, 6.07) is 14.9. The zero-order chi connectivity index (χ0) is 26.5. The molecule has 1 fully saturated rings. The average Bonchev–Trinajstić information content (AvgIpc) is 2.87. The van der Waals surface area contributed by atoms with Crippen LogP contribution in [0.2, 0.25) is 0 Å². The second-order valence-corrected chi connectivity index (χ2v) is 8.65. The zero-order valence-corrected chi connectivity index (χ0v) is 21.5. The topological polar surface area (TPSA) is 94.2 Å². The van der Waals surface area contributed by atoms with E-state index in [1.54, 1.807) is 54.6 Å². The third-order valence-corrected chi connectivity index (χ3v) is 5.99. The molecular weight excluding hydrogens is 547 g/mol. The van der Waals surface area contributed by atoms with Gasteiger partial charge in [-0.05, 0) is 77.0 Å². The van der Waals surface area contributed by atoms with Crippen LogP contribution >= 0.6 is 15.9 Å². The minimum atomic E-state index is -0.855. The highest BCUT2D eigenvalue weighted by Crippen LogP contribution is 2.38. The zero-order valence-electron chi connectivity index (χ0n) is 19.9. The number of amides is 4. The Hall–Kier alpha value is -4.18. The van der Waals surface area contributed by atoms with Crippen molar-refractivity contribution in [3.8, 4) is 17.2 Å². The molecule has 0 unspecified atom stereocenters. The summed E-state index contributed by atoms with van der Waals surface area (Å²) in [7, 11) is 1.43. The third kappa shape index (κ3) is 5.64. The van der Waals surface area contributed by atoms with Crippen LogP contribution in [0.5, 0.6) is 17.2 Å². The summed E-state index contributed by atoms with van der Waals surface area (Å²) in [5, 5.41) is 2.19. The average molecular weight is 569 g/mol. The van der Waals surface area contributed by atoms with Crippen LogP contribution in [0, 0.1) is 5.82 Å². The highest BCUT2D eigenvalue weighted by Gasteiger charge is 2.37. The third-order valence-electron chi connectivity index (χ3n) is 5.40. The van der Waals surface area contributed by atoms with Crippen molar-refractivity contribution in [2.75, 3.05) is 18.6 Å². The maximum absolute atomic E-state index is 14.0. The fourth-order valence-electron chi connectivity index (χ4n) is 3.65. The number of carbonyl (C=O) groups is 3. The van der Waals surface area contributed by atoms with E-state index in [0.717, 1.165) is 4.90 Å². The number of anilines is 1. The lowest BCUT2D eigenvalue weighted by atomic mass is 10.1. The Balaban J connectivity index is 1.62. The summed E-state index contributed by atoms with van der Waals surface area (Å²) in [5.74, 6) is -0.816. The van der Waals surface area contributed by atoms with Crippen molar-refractivity contribution in [3.63, 3.8) is 0 Å². The van der Waals surface area contributed by atoms with E-state index in [1.807, 2.05) is 6.92 Å². The number of methoxy groups -OCH3 is 1. The van der Waals surface area contributed by atoms with E-state index in [9.17, 15) is 18.8 Å². The number of nitrogens with zero attached hydrogens (tertiary/aromatic N) is 1. The molecule has 1 aliphatic rings. The van der Waals surface area contributed by atoms with Gasteiger partial charge in [0.15, 0.2) is 11.5 Å². The van der Waals surface area contributed by atoms with Gasteiger partial charge in [-0.1, -0.05) is 18.2 Å². The molecule has 3 aromatic carbocycles. The molecule has 4 rings (SSSR count). The molecule has 10 heteroatoms. The van der Waals surface area contributed by atoms with E-state index in [1.165, 1.54) is 19.3 Å². The van der Waals surface area contributed by atoms with Crippen LogP contribution in [0.15, 0.2) is 70.7 Å². The molecule has 190 valence electrons. The lowest BCUT2D eigenvalue weighted by Gasteiger charge is -2.26. The van der Waals surface area contributed by atoms with Crippen LogP contribution in [-0.2, 0) is 16.2 Å². The number of ether oxygens (including phenoxy) is 3.